The van der Waals surface area contributed by atoms with Gasteiger partial charge < -0.3 is 16.4 Å². The van der Waals surface area contributed by atoms with Crippen LogP contribution in [0.5, 0.6) is 0 Å². The number of nitrogens with zero attached hydrogens (tertiary/aromatic N) is 1. The minimum Gasteiger partial charge on any atom is -0.383 e. The molecule has 5 nitrogen and oxygen atoms in total. The average Bonchev–Trinajstić information content (AvgIpc) is 3.13. The third-order valence-electron chi connectivity index (χ3n) is 4.26. The molecule has 1 aromatic carbocycles. The van der Waals surface area contributed by atoms with E-state index in [9.17, 15) is 4.79 Å². The lowest BCUT2D eigenvalue weighted by Crippen LogP contribution is -2.23. The lowest BCUT2D eigenvalue weighted by Gasteiger charge is -2.13. The first-order valence-electron chi connectivity index (χ1n) is 8.93. The van der Waals surface area contributed by atoms with Crippen molar-refractivity contribution >= 4 is 28.7 Å². The lowest BCUT2D eigenvalue weighted by atomic mass is 10.0. The molecule has 0 aliphatic heterocycles. The zero-order valence-electron chi connectivity index (χ0n) is 15.5. The highest BCUT2D eigenvalue weighted by atomic mass is 32.1. The van der Waals surface area contributed by atoms with Gasteiger partial charge in [0.1, 0.15) is 5.82 Å². The summed E-state index contributed by atoms with van der Waals surface area (Å²) in [6.07, 6.45) is 1.57. The second kappa shape index (κ2) is 8.68. The van der Waals surface area contributed by atoms with Crippen LogP contribution in [0.4, 0.5) is 11.5 Å². The largest absolute Gasteiger partial charge is 0.383 e. The topological polar surface area (TPSA) is 80.0 Å². The van der Waals surface area contributed by atoms with Crippen molar-refractivity contribution in [3.05, 3.63) is 75.6 Å². The van der Waals surface area contributed by atoms with Gasteiger partial charge in [0.15, 0.2) is 0 Å². The first-order chi connectivity index (χ1) is 13.0. The van der Waals surface area contributed by atoms with Crippen molar-refractivity contribution in [2.45, 2.75) is 32.9 Å². The van der Waals surface area contributed by atoms with E-state index in [2.05, 4.69) is 53.7 Å². The number of carbonyl (C=O) groups is 1. The van der Waals surface area contributed by atoms with Crippen molar-refractivity contribution in [2.75, 3.05) is 11.1 Å². The third kappa shape index (κ3) is 4.86. The summed E-state index contributed by atoms with van der Waals surface area (Å²) in [5.41, 5.74) is 8.63. The van der Waals surface area contributed by atoms with E-state index in [-0.39, 0.29) is 11.7 Å². The monoisotopic (exact) mass is 380 g/mol. The second-order valence-electron chi connectivity index (χ2n) is 6.58. The summed E-state index contributed by atoms with van der Waals surface area (Å²) in [6, 6.07) is 15.9. The highest BCUT2D eigenvalue weighted by molar-refractivity contribution is 7.12. The Kier molecular flexibility index (Phi) is 6.08. The SMILES string of the molecule is CC(C)c1ccccc1NCc1ccc(CNC(=O)c2cccnc2N)s1. The average molecular weight is 381 g/mol. The number of nitrogens with one attached hydrogen (secondary N) is 2. The number of thiophene rings is 1. The molecule has 0 radical (unpaired) electrons. The summed E-state index contributed by atoms with van der Waals surface area (Å²) in [4.78, 5) is 18.5. The van der Waals surface area contributed by atoms with Gasteiger partial charge in [-0.1, -0.05) is 32.0 Å². The molecule has 6 heteroatoms. The quantitative estimate of drug-likeness (QED) is 0.568. The highest BCUT2D eigenvalue weighted by Gasteiger charge is 2.10. The van der Waals surface area contributed by atoms with Gasteiger partial charge in [-0.15, -0.1) is 11.3 Å². The molecule has 0 bridgehead atoms. The molecule has 0 saturated heterocycles. The smallest absolute Gasteiger partial charge is 0.255 e. The Morgan fingerprint density at radius 3 is 2.56 bits per heavy atom. The Hall–Kier alpha value is -2.86. The fourth-order valence-electron chi connectivity index (χ4n) is 2.83. The van der Waals surface area contributed by atoms with Crippen LogP contribution in [0, 0.1) is 0 Å². The molecule has 0 saturated carbocycles. The Morgan fingerprint density at radius 1 is 1.07 bits per heavy atom. The fraction of sp³-hybridized carbons (Fsp3) is 0.238. The van der Waals surface area contributed by atoms with Crippen LogP contribution < -0.4 is 16.4 Å². The molecule has 0 spiro atoms. The minimum atomic E-state index is -0.209. The van der Waals surface area contributed by atoms with Crippen LogP contribution in [0.2, 0.25) is 0 Å². The van der Waals surface area contributed by atoms with E-state index in [1.807, 2.05) is 12.1 Å². The maximum Gasteiger partial charge on any atom is 0.255 e. The minimum absolute atomic E-state index is 0.209. The van der Waals surface area contributed by atoms with Gasteiger partial charge >= 0.3 is 0 Å². The Bertz CT molecular complexity index is 920. The van der Waals surface area contributed by atoms with Crippen LogP contribution >= 0.6 is 11.3 Å². The molecule has 0 fully saturated rings. The maximum atomic E-state index is 12.2. The number of para-hydroxylation sites is 1. The molecule has 3 rings (SSSR count). The number of nitrogens with two attached hydrogens (primary N) is 1. The Balaban J connectivity index is 1.56. The van der Waals surface area contributed by atoms with E-state index >= 15 is 0 Å². The molecular formula is C21H24N4OS. The number of anilines is 2. The van der Waals surface area contributed by atoms with Crippen molar-refractivity contribution in [3.63, 3.8) is 0 Å². The predicted octanol–water partition coefficient (Wildman–Crippen LogP) is 4.39. The zero-order valence-corrected chi connectivity index (χ0v) is 16.3. The van der Waals surface area contributed by atoms with Crippen molar-refractivity contribution < 1.29 is 4.79 Å². The number of hydrogen-bond acceptors (Lipinski definition) is 5. The summed E-state index contributed by atoms with van der Waals surface area (Å²) < 4.78 is 0. The Morgan fingerprint density at radius 2 is 1.81 bits per heavy atom. The summed E-state index contributed by atoms with van der Waals surface area (Å²) in [6.45, 7) is 5.63. The number of amides is 1. The van der Waals surface area contributed by atoms with Gasteiger partial charge in [-0.3, -0.25) is 4.79 Å². The lowest BCUT2D eigenvalue weighted by molar-refractivity contribution is 0.0952. The molecule has 0 aliphatic rings. The Labute approximate surface area is 163 Å². The van der Waals surface area contributed by atoms with Crippen LogP contribution in [-0.2, 0) is 13.1 Å². The molecule has 4 N–H and O–H groups in total. The molecular weight excluding hydrogens is 356 g/mol. The third-order valence-corrected chi connectivity index (χ3v) is 5.34. The summed E-state index contributed by atoms with van der Waals surface area (Å²) in [5, 5.41) is 6.42. The first-order valence-corrected chi connectivity index (χ1v) is 9.75. The van der Waals surface area contributed by atoms with Crippen LogP contribution in [0.15, 0.2) is 54.7 Å². The number of pyridine rings is 1. The van der Waals surface area contributed by atoms with Gasteiger partial charge in [0, 0.05) is 28.2 Å². The van der Waals surface area contributed by atoms with Crippen LogP contribution in [-0.4, -0.2) is 10.9 Å². The van der Waals surface area contributed by atoms with Crippen LogP contribution in [0.1, 0.15) is 45.4 Å². The second-order valence-corrected chi connectivity index (χ2v) is 7.84. The zero-order chi connectivity index (χ0) is 19.2. The molecule has 1 amide bonds. The molecule has 0 unspecified atom stereocenters. The van der Waals surface area contributed by atoms with Gasteiger partial charge in [0.25, 0.3) is 5.91 Å². The number of hydrogen-bond donors (Lipinski definition) is 3. The van der Waals surface area contributed by atoms with Gasteiger partial charge in [0.05, 0.1) is 12.1 Å². The summed E-state index contributed by atoms with van der Waals surface area (Å²) >= 11 is 1.68. The van der Waals surface area contributed by atoms with E-state index in [1.165, 1.54) is 16.1 Å². The molecule has 0 atom stereocenters. The predicted molar refractivity (Wildman–Crippen MR) is 112 cm³/mol. The van der Waals surface area contributed by atoms with E-state index < -0.39 is 0 Å². The number of aromatic nitrogens is 1. The van der Waals surface area contributed by atoms with E-state index in [4.69, 9.17) is 5.73 Å². The van der Waals surface area contributed by atoms with Gasteiger partial charge in [0.2, 0.25) is 0 Å². The molecule has 0 aliphatic carbocycles. The van der Waals surface area contributed by atoms with Crippen LogP contribution in [0.3, 0.4) is 0 Å². The number of rotatable bonds is 7. The van der Waals surface area contributed by atoms with E-state index in [0.29, 0.717) is 18.0 Å². The molecule has 2 heterocycles. The summed E-state index contributed by atoms with van der Waals surface area (Å²) in [7, 11) is 0. The first kappa shape index (κ1) is 18.9. The van der Waals surface area contributed by atoms with Crippen molar-refractivity contribution in [1.29, 1.82) is 0 Å². The van der Waals surface area contributed by atoms with Crippen LogP contribution in [0.25, 0.3) is 0 Å². The van der Waals surface area contributed by atoms with Crippen molar-refractivity contribution in [2.24, 2.45) is 0 Å². The van der Waals surface area contributed by atoms with Gasteiger partial charge in [-0.2, -0.15) is 0 Å². The number of benzene rings is 1. The van der Waals surface area contributed by atoms with E-state index in [1.54, 1.807) is 29.7 Å². The highest BCUT2D eigenvalue weighted by Crippen LogP contribution is 2.25. The standard InChI is InChI=1S/C21H24N4OS/c1-14(2)17-6-3-4-8-19(17)24-12-15-9-10-16(27-15)13-25-21(26)18-7-5-11-23-20(18)22/h3-11,14,24H,12-13H2,1-2H3,(H2,22,23)(H,25,26). The van der Waals surface area contributed by atoms with Gasteiger partial charge in [-0.25, -0.2) is 4.98 Å². The molecule has 140 valence electrons. The molecule has 2 aromatic heterocycles. The number of carbonyl (C=O) groups excluding carboxylic acids is 1. The van der Waals surface area contributed by atoms with Crippen molar-refractivity contribution in [3.8, 4) is 0 Å². The molecule has 3 aromatic rings. The number of nitrogen functional groups attached to an aromatic ring is 1. The molecule has 27 heavy (non-hydrogen) atoms. The fourth-order valence-corrected chi connectivity index (χ4v) is 3.73. The normalized spacial score (nSPS) is 10.8. The maximum absolute atomic E-state index is 12.2. The van der Waals surface area contributed by atoms with Crippen molar-refractivity contribution in [1.82, 2.24) is 10.3 Å². The van der Waals surface area contributed by atoms with E-state index in [0.717, 1.165) is 11.4 Å². The van der Waals surface area contributed by atoms with Gasteiger partial charge in [-0.05, 0) is 41.8 Å². The summed E-state index contributed by atoms with van der Waals surface area (Å²) in [5.74, 6) is 0.511.